The van der Waals surface area contributed by atoms with Crippen LogP contribution in [0.15, 0.2) is 0 Å². The molecule has 8 N–H and O–H groups in total. The van der Waals surface area contributed by atoms with Gasteiger partial charge in [-0.15, -0.1) is 0 Å². The maximum Gasteiger partial charge on any atom is -0.693 e. The second-order valence-corrected chi connectivity index (χ2v) is 4.37. The molecule has 0 aromatic carbocycles. The fourth-order valence-corrected chi connectivity index (χ4v) is 0. The van der Waals surface area contributed by atoms with Gasteiger partial charge in [0.15, 0.2) is 0 Å². The summed E-state index contributed by atoms with van der Waals surface area (Å²) >= 11 is -0.472. The Hall–Kier alpha value is 0.0883. The van der Waals surface area contributed by atoms with Gasteiger partial charge in [-0.3, -0.25) is 9.59 Å². The van der Waals surface area contributed by atoms with E-state index in [1.54, 1.807) is 0 Å². The number of halogens is 2. The quantitative estimate of drug-likeness (QED) is 0.593. The van der Waals surface area contributed by atoms with Gasteiger partial charge in [0.1, 0.15) is 0 Å². The second kappa shape index (κ2) is 38.1. The van der Waals surface area contributed by atoms with Gasteiger partial charge in [-0.05, 0) is 0 Å². The van der Waals surface area contributed by atoms with E-state index >= 15 is 0 Å². The standard InChI is InChI=1S/2C2H4O2.2ClH.2H2N.H2O.Pt/c2*1-2(3)4;;;;;;/h2*1H3,(H,3,4);2*1H;3*1H2;/q;;;;2*-1;;+4/p-2. The molecule has 0 bridgehead atoms. The Balaban J connectivity index is -0.0000000156. The summed E-state index contributed by atoms with van der Waals surface area (Å²) in [4.78, 5) is 18.0. The van der Waals surface area contributed by atoms with Crippen molar-refractivity contribution in [1.29, 1.82) is 0 Å². The average Bonchev–Trinajstić information content (AvgIpc) is 1.60. The largest absolute Gasteiger partial charge is 0.693 e. The molecule has 0 spiro atoms. The molecule has 0 fully saturated rings. The van der Waals surface area contributed by atoms with E-state index in [4.69, 9.17) is 38.6 Å². The van der Waals surface area contributed by atoms with Gasteiger partial charge in [0.2, 0.25) is 0 Å². The van der Waals surface area contributed by atoms with Gasteiger partial charge in [0.05, 0.1) is 0 Å². The van der Waals surface area contributed by atoms with Gasteiger partial charge in [-0.2, -0.15) is 0 Å². The molecule has 0 aromatic rings. The first kappa shape index (κ1) is 36.9. The molecular formula is C4H14Cl2N2O5Pt. The van der Waals surface area contributed by atoms with Gasteiger partial charge in [0, 0.05) is 13.8 Å². The van der Waals surface area contributed by atoms with Crippen LogP contribution in [-0.4, -0.2) is 27.6 Å². The van der Waals surface area contributed by atoms with Crippen LogP contribution in [0.3, 0.4) is 0 Å². The van der Waals surface area contributed by atoms with Crippen LogP contribution >= 0.6 is 18.8 Å². The number of aliphatic carboxylic acids is 2. The molecule has 0 unspecified atom stereocenters. The van der Waals surface area contributed by atoms with Gasteiger partial charge < -0.3 is 28.0 Å². The van der Waals surface area contributed by atoms with E-state index in [0.717, 1.165) is 13.8 Å². The molecule has 0 aromatic heterocycles. The SMILES string of the molecule is CC(=O)O.CC(=O)O.O.[Cl][Pt+2][Cl].[NH2-].[NH2-]. The van der Waals surface area contributed by atoms with E-state index in [-0.39, 0.29) is 17.8 Å². The van der Waals surface area contributed by atoms with Crippen molar-refractivity contribution in [2.45, 2.75) is 13.8 Å². The summed E-state index contributed by atoms with van der Waals surface area (Å²) in [5, 5.41) is 14.8. The molecule has 0 amide bonds. The van der Waals surface area contributed by atoms with Crippen LogP contribution < -0.4 is 0 Å². The molecule has 0 rings (SSSR count). The zero-order valence-corrected chi connectivity index (χ0v) is 11.2. The Kier molecular flexibility index (Phi) is 100. The Morgan fingerprint density at radius 1 is 1.00 bits per heavy atom. The number of carboxylic acid groups (broad SMARTS) is 2. The summed E-state index contributed by atoms with van der Waals surface area (Å²) in [6, 6.07) is 0. The van der Waals surface area contributed by atoms with Gasteiger partial charge in [0.25, 0.3) is 11.9 Å². The van der Waals surface area contributed by atoms with Crippen molar-refractivity contribution in [1.82, 2.24) is 0 Å². The Labute approximate surface area is 98.6 Å². The molecule has 7 nitrogen and oxygen atoms in total. The van der Waals surface area contributed by atoms with E-state index in [1.807, 2.05) is 0 Å². The first-order valence-corrected chi connectivity index (χ1v) is 7.73. The first-order valence-electron chi connectivity index (χ1n) is 2.09. The predicted molar refractivity (Wildman–Crippen MR) is 52.5 cm³/mol. The van der Waals surface area contributed by atoms with Crippen molar-refractivity contribution < 1.29 is 41.8 Å². The number of carboxylic acids is 2. The van der Waals surface area contributed by atoms with Crippen molar-refractivity contribution in [2.75, 3.05) is 0 Å². The number of hydrogen-bond acceptors (Lipinski definition) is 2. The molecule has 0 saturated heterocycles. The Morgan fingerprint density at radius 2 is 1.00 bits per heavy atom. The van der Waals surface area contributed by atoms with E-state index in [1.165, 1.54) is 0 Å². The maximum atomic E-state index is 9.00. The van der Waals surface area contributed by atoms with Crippen LogP contribution in [0.5, 0.6) is 0 Å². The monoisotopic (exact) mass is 435 g/mol. The molecule has 0 heterocycles. The molecule has 0 aliphatic carbocycles. The minimum Gasteiger partial charge on any atom is -0.693 e. The molecule has 0 saturated carbocycles. The van der Waals surface area contributed by atoms with Crippen molar-refractivity contribution in [3.05, 3.63) is 12.3 Å². The number of carbonyl (C=O) groups is 2. The van der Waals surface area contributed by atoms with Crippen LogP contribution in [0.2, 0.25) is 0 Å². The summed E-state index contributed by atoms with van der Waals surface area (Å²) < 4.78 is 0. The third-order valence-corrected chi connectivity index (χ3v) is 0. The first-order chi connectivity index (χ1) is 4.88. The van der Waals surface area contributed by atoms with E-state index in [2.05, 4.69) is 0 Å². The van der Waals surface area contributed by atoms with E-state index < -0.39 is 28.4 Å². The van der Waals surface area contributed by atoms with Crippen LogP contribution in [0, 0.1) is 0 Å². The molecule has 0 radical (unpaired) electrons. The summed E-state index contributed by atoms with van der Waals surface area (Å²) in [7, 11) is 9.75. The third kappa shape index (κ3) is 191000. The smallest absolute Gasteiger partial charge is 0.693 e. The average molecular weight is 436 g/mol. The molecule has 14 heavy (non-hydrogen) atoms. The topological polar surface area (TPSA) is 173 Å². The van der Waals surface area contributed by atoms with Crippen LogP contribution in [0.4, 0.5) is 0 Å². The van der Waals surface area contributed by atoms with Crippen molar-refractivity contribution in [3.8, 4) is 0 Å². The van der Waals surface area contributed by atoms with Crippen molar-refractivity contribution >= 4 is 30.8 Å². The van der Waals surface area contributed by atoms with Gasteiger partial charge in [-0.1, -0.05) is 0 Å². The summed E-state index contributed by atoms with van der Waals surface area (Å²) in [5.41, 5.74) is 0. The van der Waals surface area contributed by atoms with Gasteiger partial charge >= 0.3 is 35.3 Å². The minimum absolute atomic E-state index is 0. The predicted octanol–water partition coefficient (Wildman–Crippen LogP) is 2.17. The summed E-state index contributed by atoms with van der Waals surface area (Å²) in [6.07, 6.45) is 0. The third-order valence-electron chi connectivity index (χ3n) is 0. The normalized spacial score (nSPS) is 5.14. The van der Waals surface area contributed by atoms with Crippen LogP contribution in [0.1, 0.15) is 13.8 Å². The number of nitrogens with two attached hydrogens (primary N) is 2. The molecule has 0 aliphatic rings. The Morgan fingerprint density at radius 3 is 1.00 bits per heavy atom. The van der Waals surface area contributed by atoms with Crippen LogP contribution in [-0.2, 0) is 26.1 Å². The van der Waals surface area contributed by atoms with Gasteiger partial charge in [-0.25, -0.2) is 0 Å². The summed E-state index contributed by atoms with van der Waals surface area (Å²) in [5.74, 6) is -1.67. The van der Waals surface area contributed by atoms with E-state index in [0.29, 0.717) is 0 Å². The molecule has 94 valence electrons. The van der Waals surface area contributed by atoms with Crippen molar-refractivity contribution in [3.63, 3.8) is 0 Å². The summed E-state index contributed by atoms with van der Waals surface area (Å²) in [6.45, 7) is 2.17. The number of rotatable bonds is 0. The van der Waals surface area contributed by atoms with Crippen molar-refractivity contribution in [2.24, 2.45) is 0 Å². The molecule has 10 heteroatoms. The fraction of sp³-hybridized carbons (Fsp3) is 0.500. The second-order valence-electron chi connectivity index (χ2n) is 1.08. The molecule has 0 aliphatic heterocycles. The minimum atomic E-state index is -0.833. The molecular weight excluding hydrogens is 422 g/mol. The fourth-order valence-electron chi connectivity index (χ4n) is 0. The molecule has 0 atom stereocenters. The van der Waals surface area contributed by atoms with Crippen LogP contribution in [0.25, 0.3) is 12.3 Å². The maximum absolute atomic E-state index is 9.00. The number of hydrogen-bond donors (Lipinski definition) is 2. The van der Waals surface area contributed by atoms with E-state index in [9.17, 15) is 0 Å². The zero-order chi connectivity index (χ0) is 9.86. The zero-order valence-electron chi connectivity index (χ0n) is 7.44. The Bertz CT molecular complexity index is 97.9.